The summed E-state index contributed by atoms with van der Waals surface area (Å²) in [5.41, 5.74) is 26.0. The molecular weight excluding hydrogens is 388 g/mol. The molecule has 0 fully saturated rings. The van der Waals surface area contributed by atoms with Crippen molar-refractivity contribution in [1.29, 1.82) is 0 Å². The predicted octanol–water partition coefficient (Wildman–Crippen LogP) is 1.83. The Morgan fingerprint density at radius 1 is 0.690 bits per heavy atom. The Kier molecular flexibility index (Phi) is 20.3. The van der Waals surface area contributed by atoms with Crippen molar-refractivity contribution in [1.82, 2.24) is 0 Å². The van der Waals surface area contributed by atoms with Gasteiger partial charge in [0.25, 0.3) is 0 Å². The molecule has 166 valence electrons. The molecule has 0 atom stereocenters. The van der Waals surface area contributed by atoms with Gasteiger partial charge in [0.15, 0.2) is 0 Å². The summed E-state index contributed by atoms with van der Waals surface area (Å²) in [6, 6.07) is 17.4. The van der Waals surface area contributed by atoms with Crippen molar-refractivity contribution < 1.29 is 10.2 Å². The van der Waals surface area contributed by atoms with E-state index >= 15 is 0 Å². The van der Waals surface area contributed by atoms with E-state index in [1.165, 1.54) is 28.7 Å². The standard InChI is InChI=1S/C18H24N2.2C2H7NO.ClH/c1-2-3-18(16-8-4-14(12-19)5-9-16)17-10-6-15(13-20)7-11-17;2*3-1-2-4;/h4-11,18H,2-3,12-13,19-20H2,1H3;2*4H,1-3H2;1H. The highest BCUT2D eigenvalue weighted by molar-refractivity contribution is 5.85. The van der Waals surface area contributed by atoms with E-state index in [4.69, 9.17) is 33.1 Å². The largest absolute Gasteiger partial charge is 0.395 e. The van der Waals surface area contributed by atoms with Gasteiger partial charge in [-0.3, -0.25) is 0 Å². The highest BCUT2D eigenvalue weighted by Gasteiger charge is 2.13. The fourth-order valence-corrected chi connectivity index (χ4v) is 2.59. The summed E-state index contributed by atoms with van der Waals surface area (Å²) >= 11 is 0. The van der Waals surface area contributed by atoms with Crippen LogP contribution < -0.4 is 22.9 Å². The molecule has 0 spiro atoms. The van der Waals surface area contributed by atoms with E-state index in [1.807, 2.05) is 0 Å². The quantitative estimate of drug-likeness (QED) is 0.380. The van der Waals surface area contributed by atoms with Crippen LogP contribution in [-0.4, -0.2) is 36.5 Å². The van der Waals surface area contributed by atoms with E-state index in [2.05, 4.69) is 55.5 Å². The van der Waals surface area contributed by atoms with Crippen LogP contribution in [-0.2, 0) is 13.1 Å². The Hall–Kier alpha value is -1.51. The molecular formula is C22H39ClN4O2. The zero-order chi connectivity index (χ0) is 21.2. The molecule has 0 saturated carbocycles. The average molecular weight is 427 g/mol. The van der Waals surface area contributed by atoms with Gasteiger partial charge in [-0.2, -0.15) is 0 Å². The van der Waals surface area contributed by atoms with E-state index in [-0.39, 0.29) is 25.6 Å². The van der Waals surface area contributed by atoms with Crippen molar-refractivity contribution in [3.05, 3.63) is 70.8 Å². The Morgan fingerprint density at radius 2 is 1.00 bits per heavy atom. The lowest BCUT2D eigenvalue weighted by Gasteiger charge is -2.18. The van der Waals surface area contributed by atoms with Crippen molar-refractivity contribution in [2.24, 2.45) is 22.9 Å². The van der Waals surface area contributed by atoms with Crippen LogP contribution in [0.5, 0.6) is 0 Å². The number of aliphatic hydroxyl groups excluding tert-OH is 2. The third-order valence-electron chi connectivity index (χ3n) is 4.07. The zero-order valence-corrected chi connectivity index (χ0v) is 18.3. The van der Waals surface area contributed by atoms with Gasteiger partial charge in [0.2, 0.25) is 0 Å². The molecule has 29 heavy (non-hydrogen) atoms. The minimum atomic E-state index is 0. The van der Waals surface area contributed by atoms with Crippen molar-refractivity contribution in [2.45, 2.75) is 38.8 Å². The van der Waals surface area contributed by atoms with Crippen molar-refractivity contribution in [3.63, 3.8) is 0 Å². The first-order valence-electron chi connectivity index (χ1n) is 9.81. The number of aliphatic hydroxyl groups is 2. The number of benzene rings is 2. The zero-order valence-electron chi connectivity index (χ0n) is 17.5. The van der Waals surface area contributed by atoms with Crippen molar-refractivity contribution >= 4 is 12.4 Å². The monoisotopic (exact) mass is 426 g/mol. The molecule has 2 aromatic carbocycles. The van der Waals surface area contributed by atoms with Crippen molar-refractivity contribution in [2.75, 3.05) is 26.3 Å². The molecule has 7 heteroatoms. The topological polar surface area (TPSA) is 145 Å². The van der Waals surface area contributed by atoms with Gasteiger partial charge >= 0.3 is 0 Å². The minimum absolute atomic E-state index is 0. The fourth-order valence-electron chi connectivity index (χ4n) is 2.59. The second kappa shape index (κ2) is 19.8. The third kappa shape index (κ3) is 12.6. The van der Waals surface area contributed by atoms with Crippen LogP contribution in [0.1, 0.15) is 47.9 Å². The maximum absolute atomic E-state index is 7.75. The van der Waals surface area contributed by atoms with E-state index in [0.717, 1.165) is 6.42 Å². The molecule has 0 aliphatic heterocycles. The highest BCUT2D eigenvalue weighted by Crippen LogP contribution is 2.29. The smallest absolute Gasteiger partial charge is 0.0553 e. The number of nitrogens with two attached hydrogens (primary N) is 4. The van der Waals surface area contributed by atoms with Crippen LogP contribution in [0.25, 0.3) is 0 Å². The van der Waals surface area contributed by atoms with Gasteiger partial charge in [0, 0.05) is 32.1 Å². The fraction of sp³-hybridized carbons (Fsp3) is 0.455. The second-order valence-electron chi connectivity index (χ2n) is 6.26. The summed E-state index contributed by atoms with van der Waals surface area (Å²) in [5.74, 6) is 0.457. The molecule has 0 heterocycles. The van der Waals surface area contributed by atoms with Crippen LogP contribution >= 0.6 is 12.4 Å². The Balaban J connectivity index is 0. The van der Waals surface area contributed by atoms with Gasteiger partial charge < -0.3 is 33.1 Å². The summed E-state index contributed by atoms with van der Waals surface area (Å²) in [6.07, 6.45) is 2.33. The molecule has 0 aromatic heterocycles. The minimum Gasteiger partial charge on any atom is -0.395 e. The molecule has 0 aliphatic rings. The first-order valence-corrected chi connectivity index (χ1v) is 9.81. The molecule has 0 unspecified atom stereocenters. The van der Waals surface area contributed by atoms with Gasteiger partial charge in [-0.15, -0.1) is 12.4 Å². The number of halogens is 1. The van der Waals surface area contributed by atoms with Gasteiger partial charge in [-0.05, 0) is 28.7 Å². The number of rotatable bonds is 8. The molecule has 0 radical (unpaired) electrons. The van der Waals surface area contributed by atoms with Gasteiger partial charge in [0.05, 0.1) is 13.2 Å². The molecule has 0 aliphatic carbocycles. The lowest BCUT2D eigenvalue weighted by Crippen LogP contribution is -2.03. The average Bonchev–Trinajstić information content (AvgIpc) is 2.78. The first kappa shape index (κ1) is 29.7. The predicted molar refractivity (Wildman–Crippen MR) is 125 cm³/mol. The Bertz CT molecular complexity index is 539. The SMILES string of the molecule is CCCC(c1ccc(CN)cc1)c1ccc(CN)cc1.Cl.NCCO.NCCO. The maximum atomic E-state index is 7.75. The Morgan fingerprint density at radius 3 is 1.21 bits per heavy atom. The van der Waals surface area contributed by atoms with Crippen molar-refractivity contribution in [3.8, 4) is 0 Å². The normalized spacial score (nSPS) is 9.66. The summed E-state index contributed by atoms with van der Waals surface area (Å²) < 4.78 is 0. The lowest BCUT2D eigenvalue weighted by atomic mass is 9.87. The first-order chi connectivity index (χ1) is 13.6. The third-order valence-corrected chi connectivity index (χ3v) is 4.07. The van der Waals surface area contributed by atoms with E-state index in [9.17, 15) is 0 Å². The van der Waals surface area contributed by atoms with Crippen LogP contribution in [0.15, 0.2) is 48.5 Å². The lowest BCUT2D eigenvalue weighted by molar-refractivity contribution is 0.306. The molecule has 0 amide bonds. The number of hydrogen-bond donors (Lipinski definition) is 6. The van der Waals surface area contributed by atoms with Crippen LogP contribution in [0.2, 0.25) is 0 Å². The summed E-state index contributed by atoms with van der Waals surface area (Å²) in [6.45, 7) is 4.38. The van der Waals surface area contributed by atoms with Gasteiger partial charge in [-0.25, -0.2) is 0 Å². The van der Waals surface area contributed by atoms with E-state index in [0.29, 0.717) is 32.1 Å². The summed E-state index contributed by atoms with van der Waals surface area (Å²) in [4.78, 5) is 0. The summed E-state index contributed by atoms with van der Waals surface area (Å²) in [5, 5.41) is 15.5. The summed E-state index contributed by atoms with van der Waals surface area (Å²) in [7, 11) is 0. The maximum Gasteiger partial charge on any atom is 0.0553 e. The molecule has 0 saturated heterocycles. The molecule has 2 rings (SSSR count). The van der Waals surface area contributed by atoms with Crippen LogP contribution in [0.3, 0.4) is 0 Å². The second-order valence-corrected chi connectivity index (χ2v) is 6.26. The number of hydrogen-bond acceptors (Lipinski definition) is 6. The van der Waals surface area contributed by atoms with Crippen LogP contribution in [0.4, 0.5) is 0 Å². The Labute approximate surface area is 181 Å². The van der Waals surface area contributed by atoms with Gasteiger partial charge in [-0.1, -0.05) is 61.9 Å². The molecule has 6 nitrogen and oxygen atoms in total. The van der Waals surface area contributed by atoms with E-state index in [1.54, 1.807) is 0 Å². The molecule has 2 aromatic rings. The molecule has 0 bridgehead atoms. The molecule has 10 N–H and O–H groups in total. The van der Waals surface area contributed by atoms with E-state index < -0.39 is 0 Å². The van der Waals surface area contributed by atoms with Crippen LogP contribution in [0, 0.1) is 0 Å². The highest BCUT2D eigenvalue weighted by atomic mass is 35.5. The van der Waals surface area contributed by atoms with Gasteiger partial charge in [0.1, 0.15) is 0 Å².